The van der Waals surface area contributed by atoms with E-state index >= 15 is 0 Å². The van der Waals surface area contributed by atoms with Crippen molar-refractivity contribution in [3.05, 3.63) is 59.7 Å². The average molecular weight is 424 g/mol. The molecule has 1 spiro atoms. The highest BCUT2D eigenvalue weighted by molar-refractivity contribution is 5.94. The predicted octanol–water partition coefficient (Wildman–Crippen LogP) is 5.40. The molecule has 4 rings (SSSR count). The molecule has 2 aromatic rings. The van der Waals surface area contributed by atoms with Crippen LogP contribution in [0.25, 0.3) is 0 Å². The fraction of sp³-hybridized carbons (Fsp3) is 0.500. The minimum Gasteiger partial charge on any atom is -0.491 e. The van der Waals surface area contributed by atoms with Crippen molar-refractivity contribution in [3.8, 4) is 11.5 Å². The summed E-state index contributed by atoms with van der Waals surface area (Å²) in [6.07, 6.45) is 2.73. The number of ether oxygens (including phenoxy) is 3. The van der Waals surface area contributed by atoms with Gasteiger partial charge in [-0.3, -0.25) is 4.79 Å². The Labute approximate surface area is 185 Å². The summed E-state index contributed by atoms with van der Waals surface area (Å²) >= 11 is 0. The van der Waals surface area contributed by atoms with Gasteiger partial charge < -0.3 is 19.1 Å². The molecule has 1 saturated heterocycles. The number of piperidine rings is 1. The number of benzene rings is 2. The Bertz CT molecular complexity index is 898. The number of fused-ring (bicyclic) bond motifs is 1. The number of carbonyl (C=O) groups is 1. The predicted molar refractivity (Wildman–Crippen MR) is 121 cm³/mol. The fourth-order valence-corrected chi connectivity index (χ4v) is 4.57. The van der Waals surface area contributed by atoms with Crippen molar-refractivity contribution in [3.63, 3.8) is 0 Å². The van der Waals surface area contributed by atoms with Crippen LogP contribution >= 0.6 is 0 Å². The number of hydrogen-bond donors (Lipinski definition) is 0. The smallest absolute Gasteiger partial charge is 0.253 e. The molecule has 0 aromatic heterocycles. The number of likely N-dealkylation sites (tertiary alicyclic amines) is 1. The second-order valence-electron chi connectivity index (χ2n) is 9.18. The topological polar surface area (TPSA) is 48.0 Å². The number of amides is 1. The van der Waals surface area contributed by atoms with E-state index in [-0.39, 0.29) is 29.8 Å². The van der Waals surface area contributed by atoms with E-state index in [1.165, 1.54) is 0 Å². The molecule has 1 fully saturated rings. The molecule has 0 bridgehead atoms. The van der Waals surface area contributed by atoms with E-state index in [1.54, 1.807) is 0 Å². The Morgan fingerprint density at radius 2 is 1.68 bits per heavy atom. The van der Waals surface area contributed by atoms with Crippen molar-refractivity contribution in [1.82, 2.24) is 4.90 Å². The van der Waals surface area contributed by atoms with Crippen molar-refractivity contribution in [2.24, 2.45) is 0 Å². The van der Waals surface area contributed by atoms with Gasteiger partial charge in [0.1, 0.15) is 17.1 Å². The maximum absolute atomic E-state index is 13.0. The zero-order valence-corrected chi connectivity index (χ0v) is 19.0. The molecular formula is C26H33NO4. The third-order valence-electron chi connectivity index (χ3n) is 6.02. The molecular weight excluding hydrogens is 390 g/mol. The first-order valence-electron chi connectivity index (χ1n) is 11.3. The molecule has 0 saturated carbocycles. The van der Waals surface area contributed by atoms with Crippen molar-refractivity contribution >= 4 is 5.91 Å². The molecule has 2 aliphatic heterocycles. The van der Waals surface area contributed by atoms with Gasteiger partial charge in [0, 0.05) is 43.5 Å². The SMILES string of the molecule is CC(C)Oc1ccc(C(=O)N2CCC3(CC2)C[C@@H](OC(C)C)c2ccccc2O3)cc1. The van der Waals surface area contributed by atoms with Crippen molar-refractivity contribution in [2.45, 2.75) is 70.9 Å². The lowest BCUT2D eigenvalue weighted by Crippen LogP contribution is -2.52. The van der Waals surface area contributed by atoms with Gasteiger partial charge in [-0.2, -0.15) is 0 Å². The van der Waals surface area contributed by atoms with Gasteiger partial charge in [0.15, 0.2) is 0 Å². The van der Waals surface area contributed by atoms with Crippen molar-refractivity contribution in [1.29, 1.82) is 0 Å². The summed E-state index contributed by atoms with van der Waals surface area (Å²) in [4.78, 5) is 15.0. The molecule has 5 heteroatoms. The van der Waals surface area contributed by atoms with Gasteiger partial charge in [0.25, 0.3) is 5.91 Å². The summed E-state index contributed by atoms with van der Waals surface area (Å²) in [5, 5.41) is 0. The lowest BCUT2D eigenvalue weighted by molar-refractivity contribution is -0.0872. The third-order valence-corrected chi connectivity index (χ3v) is 6.02. The zero-order valence-electron chi connectivity index (χ0n) is 19.0. The lowest BCUT2D eigenvalue weighted by Gasteiger charge is -2.47. The van der Waals surface area contributed by atoms with E-state index in [2.05, 4.69) is 19.9 Å². The third kappa shape index (κ3) is 4.87. The molecule has 0 aliphatic carbocycles. The van der Waals surface area contributed by atoms with Gasteiger partial charge in [-0.15, -0.1) is 0 Å². The lowest BCUT2D eigenvalue weighted by atomic mass is 9.81. The van der Waals surface area contributed by atoms with E-state index in [0.29, 0.717) is 18.7 Å². The van der Waals surface area contributed by atoms with Gasteiger partial charge in [0.05, 0.1) is 18.3 Å². The summed E-state index contributed by atoms with van der Waals surface area (Å²) < 4.78 is 18.5. The second-order valence-corrected chi connectivity index (χ2v) is 9.18. The van der Waals surface area contributed by atoms with Crippen LogP contribution in [-0.2, 0) is 4.74 Å². The van der Waals surface area contributed by atoms with Gasteiger partial charge in [-0.1, -0.05) is 18.2 Å². The molecule has 1 amide bonds. The molecule has 2 aliphatic rings. The minimum absolute atomic E-state index is 0.0284. The van der Waals surface area contributed by atoms with Crippen molar-refractivity contribution < 1.29 is 19.0 Å². The Balaban J connectivity index is 1.43. The molecule has 5 nitrogen and oxygen atoms in total. The standard InChI is InChI=1S/C26H33NO4/c1-18(2)29-21-11-9-20(10-12-21)25(28)27-15-13-26(14-16-27)17-24(30-19(3)4)22-7-5-6-8-23(22)31-26/h5-12,18-19,24H,13-17H2,1-4H3/t24-/m1/s1. The van der Waals surface area contributed by atoms with Gasteiger partial charge in [0.2, 0.25) is 0 Å². The summed E-state index contributed by atoms with van der Waals surface area (Å²) in [7, 11) is 0. The molecule has 1 atom stereocenters. The maximum atomic E-state index is 13.0. The molecule has 0 radical (unpaired) electrons. The van der Waals surface area contributed by atoms with Crippen LogP contribution in [0.3, 0.4) is 0 Å². The van der Waals surface area contributed by atoms with Crippen LogP contribution in [0, 0.1) is 0 Å². The van der Waals surface area contributed by atoms with Crippen LogP contribution in [0.5, 0.6) is 11.5 Å². The van der Waals surface area contributed by atoms with E-state index in [1.807, 2.05) is 61.2 Å². The normalized spacial score (nSPS) is 19.9. The van der Waals surface area contributed by atoms with E-state index in [0.717, 1.165) is 36.3 Å². The molecule has 0 unspecified atom stereocenters. The number of hydrogen-bond acceptors (Lipinski definition) is 4. The first kappa shape index (κ1) is 21.7. The first-order valence-corrected chi connectivity index (χ1v) is 11.3. The average Bonchev–Trinajstić information content (AvgIpc) is 2.73. The van der Waals surface area contributed by atoms with E-state index in [9.17, 15) is 4.79 Å². The van der Waals surface area contributed by atoms with Crippen LogP contribution in [0.2, 0.25) is 0 Å². The largest absolute Gasteiger partial charge is 0.491 e. The number of rotatable bonds is 5. The molecule has 0 N–H and O–H groups in total. The highest BCUT2D eigenvalue weighted by atomic mass is 16.5. The highest BCUT2D eigenvalue weighted by Crippen LogP contribution is 2.46. The van der Waals surface area contributed by atoms with E-state index < -0.39 is 0 Å². The van der Waals surface area contributed by atoms with Gasteiger partial charge >= 0.3 is 0 Å². The fourth-order valence-electron chi connectivity index (χ4n) is 4.57. The molecule has 2 aromatic carbocycles. The molecule has 31 heavy (non-hydrogen) atoms. The Hall–Kier alpha value is -2.53. The Morgan fingerprint density at radius 3 is 2.32 bits per heavy atom. The number of para-hydroxylation sites is 1. The zero-order chi connectivity index (χ0) is 22.0. The van der Waals surface area contributed by atoms with Crippen LogP contribution in [0.15, 0.2) is 48.5 Å². The quantitative estimate of drug-likeness (QED) is 0.646. The monoisotopic (exact) mass is 423 g/mol. The van der Waals surface area contributed by atoms with Crippen LogP contribution in [0.1, 0.15) is 69.0 Å². The highest BCUT2D eigenvalue weighted by Gasteiger charge is 2.44. The summed E-state index contributed by atoms with van der Waals surface area (Å²) in [5.74, 6) is 1.77. The molecule has 166 valence electrons. The maximum Gasteiger partial charge on any atom is 0.253 e. The first-order chi connectivity index (χ1) is 14.8. The van der Waals surface area contributed by atoms with Crippen molar-refractivity contribution in [2.75, 3.05) is 13.1 Å². The number of nitrogens with zero attached hydrogens (tertiary/aromatic N) is 1. The Kier molecular flexibility index (Phi) is 6.24. The van der Waals surface area contributed by atoms with Crippen LogP contribution in [0.4, 0.5) is 0 Å². The van der Waals surface area contributed by atoms with Crippen LogP contribution in [-0.4, -0.2) is 41.7 Å². The Morgan fingerprint density at radius 1 is 1.00 bits per heavy atom. The van der Waals surface area contributed by atoms with Gasteiger partial charge in [-0.05, 0) is 58.0 Å². The summed E-state index contributed by atoms with van der Waals surface area (Å²) in [6, 6.07) is 15.6. The van der Waals surface area contributed by atoms with E-state index in [4.69, 9.17) is 14.2 Å². The van der Waals surface area contributed by atoms with Gasteiger partial charge in [-0.25, -0.2) is 0 Å². The molecule has 2 heterocycles. The number of carbonyl (C=O) groups excluding carboxylic acids is 1. The van der Waals surface area contributed by atoms with Crippen LogP contribution < -0.4 is 9.47 Å². The second kappa shape index (κ2) is 8.91. The summed E-state index contributed by atoms with van der Waals surface area (Å²) in [5.41, 5.74) is 1.55. The summed E-state index contributed by atoms with van der Waals surface area (Å²) in [6.45, 7) is 9.49. The minimum atomic E-state index is -0.278.